The molecule has 2 aliphatic rings. The number of hydrogen-bond donors (Lipinski definition) is 0. The summed E-state index contributed by atoms with van der Waals surface area (Å²) in [7, 11) is 0. The molecule has 0 N–H and O–H groups in total. The maximum atomic E-state index is 13.3. The van der Waals surface area contributed by atoms with Crippen LogP contribution in [0.15, 0.2) is 51.5 Å². The minimum Gasteiger partial charge on any atom is -0.461 e. The van der Waals surface area contributed by atoms with Gasteiger partial charge in [-0.1, -0.05) is 13.0 Å². The molecule has 0 radical (unpaired) electrons. The molecule has 5 heteroatoms. The molecule has 0 unspecified atom stereocenters. The number of halogens is 1. The summed E-state index contributed by atoms with van der Waals surface area (Å²) in [4.78, 5) is 16.1. The molecular formula is C18H14FNO3. The van der Waals surface area contributed by atoms with Crippen LogP contribution in [0.3, 0.4) is 0 Å². The minimum absolute atomic E-state index is 0.100. The number of carbonyl (C=O) groups is 1. The van der Waals surface area contributed by atoms with Crippen molar-refractivity contribution in [3.05, 3.63) is 65.0 Å². The van der Waals surface area contributed by atoms with Crippen molar-refractivity contribution in [2.45, 2.75) is 19.3 Å². The molecule has 1 saturated carbocycles. The van der Waals surface area contributed by atoms with Gasteiger partial charge >= 0.3 is 5.97 Å². The van der Waals surface area contributed by atoms with Crippen molar-refractivity contribution >= 4 is 17.9 Å². The molecule has 0 bridgehead atoms. The second kappa shape index (κ2) is 5.19. The number of rotatable bonds is 3. The van der Waals surface area contributed by atoms with Crippen molar-refractivity contribution in [2.24, 2.45) is 10.9 Å². The lowest BCUT2D eigenvalue weighted by molar-refractivity contribution is -0.129. The van der Waals surface area contributed by atoms with E-state index in [4.69, 9.17) is 9.15 Å². The maximum Gasteiger partial charge on any atom is 0.363 e. The maximum absolute atomic E-state index is 13.3. The van der Waals surface area contributed by atoms with E-state index in [9.17, 15) is 9.18 Å². The van der Waals surface area contributed by atoms with Crippen molar-refractivity contribution < 1.29 is 18.3 Å². The van der Waals surface area contributed by atoms with Gasteiger partial charge in [0.25, 0.3) is 0 Å². The summed E-state index contributed by atoms with van der Waals surface area (Å²) in [6.45, 7) is 2.18. The molecule has 0 amide bonds. The van der Waals surface area contributed by atoms with Gasteiger partial charge < -0.3 is 9.15 Å². The first-order valence-corrected chi connectivity index (χ1v) is 7.48. The number of furan rings is 1. The Hall–Kier alpha value is -2.69. The molecule has 1 fully saturated rings. The molecule has 4 rings (SSSR count). The standard InChI is InChI=1S/C18H14FNO3/c1-10-7-14(10)16-6-5-13(22-16)9-15-18(21)23-17(20-15)11-3-2-4-12(19)8-11/h2-6,8-10,14H,7H2,1H3/b15-9-/t10-,14-/m1/s1. The third kappa shape index (κ3) is 2.70. The summed E-state index contributed by atoms with van der Waals surface area (Å²) in [6, 6.07) is 9.51. The van der Waals surface area contributed by atoms with Crippen molar-refractivity contribution in [1.82, 2.24) is 0 Å². The van der Waals surface area contributed by atoms with Gasteiger partial charge in [-0.15, -0.1) is 0 Å². The van der Waals surface area contributed by atoms with Gasteiger partial charge in [0.05, 0.1) is 0 Å². The number of hydrogen-bond acceptors (Lipinski definition) is 4. The molecule has 116 valence electrons. The Morgan fingerprint density at radius 2 is 2.13 bits per heavy atom. The Balaban J connectivity index is 1.60. The molecule has 23 heavy (non-hydrogen) atoms. The fraction of sp³-hybridized carbons (Fsp3) is 0.222. The van der Waals surface area contributed by atoms with E-state index in [2.05, 4.69) is 11.9 Å². The number of cyclic esters (lactones) is 1. The third-order valence-corrected chi connectivity index (χ3v) is 4.09. The number of esters is 1. The predicted molar refractivity (Wildman–Crippen MR) is 82.2 cm³/mol. The van der Waals surface area contributed by atoms with E-state index in [0.29, 0.717) is 23.2 Å². The van der Waals surface area contributed by atoms with Crippen molar-refractivity contribution in [2.75, 3.05) is 0 Å². The van der Waals surface area contributed by atoms with Crippen molar-refractivity contribution in [1.29, 1.82) is 0 Å². The van der Waals surface area contributed by atoms with Crippen LogP contribution in [-0.4, -0.2) is 11.9 Å². The minimum atomic E-state index is -0.568. The van der Waals surface area contributed by atoms with Gasteiger partial charge in [0.2, 0.25) is 5.90 Å². The zero-order chi connectivity index (χ0) is 16.0. The zero-order valence-electron chi connectivity index (χ0n) is 12.5. The zero-order valence-corrected chi connectivity index (χ0v) is 12.5. The van der Waals surface area contributed by atoms with Crippen LogP contribution >= 0.6 is 0 Å². The van der Waals surface area contributed by atoms with E-state index in [-0.39, 0.29) is 11.6 Å². The lowest BCUT2D eigenvalue weighted by atomic mass is 10.2. The number of nitrogens with zero attached hydrogens (tertiary/aromatic N) is 1. The Kier molecular flexibility index (Phi) is 3.15. The average molecular weight is 311 g/mol. The molecule has 2 heterocycles. The number of aliphatic imine (C=N–C) groups is 1. The molecule has 4 nitrogen and oxygen atoms in total. The summed E-state index contributed by atoms with van der Waals surface area (Å²) in [5.74, 6) is 1.75. The highest BCUT2D eigenvalue weighted by Crippen LogP contribution is 2.47. The molecule has 1 aliphatic heterocycles. The van der Waals surface area contributed by atoms with Gasteiger partial charge in [-0.05, 0) is 42.7 Å². The van der Waals surface area contributed by atoms with E-state index in [1.165, 1.54) is 12.1 Å². The van der Waals surface area contributed by atoms with Crippen LogP contribution in [0.4, 0.5) is 4.39 Å². The molecule has 2 atom stereocenters. The highest BCUT2D eigenvalue weighted by molar-refractivity contribution is 6.12. The smallest absolute Gasteiger partial charge is 0.363 e. The number of ether oxygens (including phenoxy) is 1. The van der Waals surface area contributed by atoms with Gasteiger partial charge in [-0.25, -0.2) is 14.2 Å². The molecule has 1 aliphatic carbocycles. The third-order valence-electron chi connectivity index (χ3n) is 4.09. The Morgan fingerprint density at radius 3 is 2.87 bits per heavy atom. The fourth-order valence-corrected chi connectivity index (χ4v) is 2.65. The van der Waals surface area contributed by atoms with Crippen LogP contribution < -0.4 is 0 Å². The fourth-order valence-electron chi connectivity index (χ4n) is 2.65. The summed E-state index contributed by atoms with van der Waals surface area (Å²) in [6.07, 6.45) is 2.68. The van der Waals surface area contributed by atoms with Gasteiger partial charge in [-0.2, -0.15) is 0 Å². The molecular weight excluding hydrogens is 297 g/mol. The molecule has 1 aromatic heterocycles. The van der Waals surface area contributed by atoms with E-state index < -0.39 is 11.8 Å². The van der Waals surface area contributed by atoms with Crippen LogP contribution in [0.5, 0.6) is 0 Å². The first-order chi connectivity index (χ1) is 11.1. The summed E-state index contributed by atoms with van der Waals surface area (Å²) >= 11 is 0. The van der Waals surface area contributed by atoms with Gasteiger partial charge in [0, 0.05) is 17.6 Å². The Morgan fingerprint density at radius 1 is 1.30 bits per heavy atom. The summed E-state index contributed by atoms with van der Waals surface area (Å²) in [5.41, 5.74) is 0.572. The van der Waals surface area contributed by atoms with Crippen LogP contribution in [-0.2, 0) is 9.53 Å². The highest BCUT2D eigenvalue weighted by Gasteiger charge is 2.36. The van der Waals surface area contributed by atoms with Gasteiger partial charge in [-0.3, -0.25) is 0 Å². The van der Waals surface area contributed by atoms with Gasteiger partial charge in [0.1, 0.15) is 17.3 Å². The summed E-state index contributed by atoms with van der Waals surface area (Å²) < 4.78 is 24.1. The second-order valence-corrected chi connectivity index (χ2v) is 5.91. The van der Waals surface area contributed by atoms with Crippen molar-refractivity contribution in [3.63, 3.8) is 0 Å². The van der Waals surface area contributed by atoms with E-state index in [1.54, 1.807) is 18.2 Å². The Labute approximate surface area is 132 Å². The second-order valence-electron chi connectivity index (χ2n) is 5.91. The lowest BCUT2D eigenvalue weighted by Crippen LogP contribution is -2.05. The van der Waals surface area contributed by atoms with Crippen LogP contribution in [0, 0.1) is 11.7 Å². The van der Waals surface area contributed by atoms with Crippen LogP contribution in [0.1, 0.15) is 36.3 Å². The lowest BCUT2D eigenvalue weighted by Gasteiger charge is -1.98. The number of carbonyl (C=O) groups excluding carboxylic acids is 1. The Bertz CT molecular complexity index is 849. The quantitative estimate of drug-likeness (QED) is 0.638. The molecule has 1 aromatic carbocycles. The SMILES string of the molecule is C[C@@H]1C[C@H]1c1ccc(/C=C2\N=C(c3cccc(F)c3)OC2=O)o1. The van der Waals surface area contributed by atoms with Crippen LogP contribution in [0.25, 0.3) is 6.08 Å². The highest BCUT2D eigenvalue weighted by atomic mass is 19.1. The molecule has 2 aromatic rings. The van der Waals surface area contributed by atoms with E-state index in [1.807, 2.05) is 12.1 Å². The summed E-state index contributed by atoms with van der Waals surface area (Å²) in [5, 5.41) is 0. The first kappa shape index (κ1) is 13.9. The monoisotopic (exact) mass is 311 g/mol. The molecule has 0 spiro atoms. The number of benzene rings is 1. The molecule has 0 saturated heterocycles. The largest absolute Gasteiger partial charge is 0.461 e. The average Bonchev–Trinajstić information content (AvgIpc) is 2.94. The van der Waals surface area contributed by atoms with Gasteiger partial charge in [0.15, 0.2) is 5.70 Å². The van der Waals surface area contributed by atoms with E-state index >= 15 is 0 Å². The predicted octanol–water partition coefficient (Wildman–Crippen LogP) is 3.89. The first-order valence-electron chi connectivity index (χ1n) is 7.48. The van der Waals surface area contributed by atoms with E-state index in [0.717, 1.165) is 12.2 Å². The van der Waals surface area contributed by atoms with Crippen molar-refractivity contribution in [3.8, 4) is 0 Å². The normalized spacial score (nSPS) is 24.7. The topological polar surface area (TPSA) is 51.8 Å². The van der Waals surface area contributed by atoms with Crippen LogP contribution in [0.2, 0.25) is 0 Å².